The molecule has 2 aromatic carbocycles. The van der Waals surface area contributed by atoms with Gasteiger partial charge in [-0.3, -0.25) is 4.98 Å². The third-order valence-corrected chi connectivity index (χ3v) is 3.95. The maximum Gasteiger partial charge on any atom is 0.339 e. The van der Waals surface area contributed by atoms with E-state index in [1.807, 2.05) is 32.9 Å². The molecule has 0 saturated carbocycles. The zero-order valence-electron chi connectivity index (χ0n) is 13.7. The van der Waals surface area contributed by atoms with Gasteiger partial charge >= 0.3 is 5.97 Å². The first kappa shape index (κ1) is 15.8. The minimum absolute atomic E-state index is 0.0614. The van der Waals surface area contributed by atoms with Crippen molar-refractivity contribution in [2.24, 2.45) is 0 Å². The van der Waals surface area contributed by atoms with Gasteiger partial charge in [0.25, 0.3) is 0 Å². The van der Waals surface area contributed by atoms with Crippen LogP contribution in [0.3, 0.4) is 0 Å². The molecule has 1 heterocycles. The zero-order chi connectivity index (χ0) is 17.4. The molecule has 5 heteroatoms. The Morgan fingerprint density at radius 2 is 1.83 bits per heavy atom. The molecule has 0 aliphatic rings. The Bertz CT molecular complexity index is 964. The number of rotatable bonds is 3. The lowest BCUT2D eigenvalue weighted by Gasteiger charge is -2.15. The number of aromatic nitrogens is 1. The van der Waals surface area contributed by atoms with Crippen LogP contribution in [0.4, 0.5) is 11.4 Å². The molecule has 0 unspecified atom stereocenters. The predicted molar refractivity (Wildman–Crippen MR) is 94.3 cm³/mol. The molecule has 0 radical (unpaired) electrons. The zero-order valence-corrected chi connectivity index (χ0v) is 13.7. The number of nitrogens with one attached hydrogen (secondary N) is 1. The maximum atomic E-state index is 11.6. The Hall–Kier alpha value is -3.08. The molecule has 3 aromatic rings. The highest BCUT2D eigenvalue weighted by atomic mass is 16.4. The molecular weight excluding hydrogens is 304 g/mol. The Morgan fingerprint density at radius 1 is 1.08 bits per heavy atom. The number of benzene rings is 2. The standard InChI is InChI=1S/C19H18N2O3/c1-10-4-5-16(22)15(8-10)21-18-13-7-11(2)6-12(3)17(13)20-9-14(18)19(23)24/h4-9,22H,1-3H3,(H,20,21)(H,23,24). The van der Waals surface area contributed by atoms with Gasteiger partial charge in [0, 0.05) is 11.6 Å². The van der Waals surface area contributed by atoms with Crippen molar-refractivity contribution in [3.8, 4) is 5.75 Å². The van der Waals surface area contributed by atoms with E-state index in [0.717, 1.165) is 22.2 Å². The summed E-state index contributed by atoms with van der Waals surface area (Å²) in [6, 6.07) is 9.05. The van der Waals surface area contributed by atoms with Gasteiger partial charge in [-0.25, -0.2) is 4.79 Å². The van der Waals surface area contributed by atoms with E-state index in [0.29, 0.717) is 16.8 Å². The number of carboxylic acid groups (broad SMARTS) is 1. The van der Waals surface area contributed by atoms with Crippen molar-refractivity contribution in [2.75, 3.05) is 5.32 Å². The van der Waals surface area contributed by atoms with Crippen LogP contribution in [0, 0.1) is 20.8 Å². The molecule has 0 saturated heterocycles. The highest BCUT2D eigenvalue weighted by molar-refractivity contribution is 6.06. The smallest absolute Gasteiger partial charge is 0.339 e. The summed E-state index contributed by atoms with van der Waals surface area (Å²) >= 11 is 0. The lowest BCUT2D eigenvalue weighted by Crippen LogP contribution is -2.05. The van der Waals surface area contributed by atoms with E-state index < -0.39 is 5.97 Å². The lowest BCUT2D eigenvalue weighted by molar-refractivity contribution is 0.0697. The first-order valence-corrected chi connectivity index (χ1v) is 7.56. The van der Waals surface area contributed by atoms with E-state index in [1.165, 1.54) is 6.20 Å². The van der Waals surface area contributed by atoms with Crippen molar-refractivity contribution >= 4 is 28.2 Å². The number of aromatic hydroxyl groups is 1. The van der Waals surface area contributed by atoms with Gasteiger partial charge < -0.3 is 15.5 Å². The van der Waals surface area contributed by atoms with Crippen molar-refractivity contribution in [2.45, 2.75) is 20.8 Å². The molecule has 0 fully saturated rings. The Morgan fingerprint density at radius 3 is 2.54 bits per heavy atom. The highest BCUT2D eigenvalue weighted by Gasteiger charge is 2.17. The second kappa shape index (κ2) is 5.85. The fourth-order valence-electron chi connectivity index (χ4n) is 2.84. The Labute approximate surface area is 139 Å². The average Bonchev–Trinajstić information content (AvgIpc) is 2.51. The van der Waals surface area contributed by atoms with Gasteiger partial charge in [-0.1, -0.05) is 17.7 Å². The van der Waals surface area contributed by atoms with Crippen LogP contribution in [0.2, 0.25) is 0 Å². The molecule has 3 rings (SSSR count). The minimum atomic E-state index is -1.07. The fourth-order valence-corrected chi connectivity index (χ4v) is 2.84. The second-order valence-electron chi connectivity index (χ2n) is 5.98. The van der Waals surface area contributed by atoms with Crippen LogP contribution in [0.25, 0.3) is 10.9 Å². The Balaban J connectivity index is 2.29. The van der Waals surface area contributed by atoms with Crippen LogP contribution in [-0.2, 0) is 0 Å². The second-order valence-corrected chi connectivity index (χ2v) is 5.98. The van der Waals surface area contributed by atoms with E-state index in [2.05, 4.69) is 10.3 Å². The molecule has 24 heavy (non-hydrogen) atoms. The number of phenolic OH excluding ortho intramolecular Hbond substituents is 1. The highest BCUT2D eigenvalue weighted by Crippen LogP contribution is 2.34. The first-order valence-electron chi connectivity index (χ1n) is 7.56. The first-order chi connectivity index (χ1) is 11.4. The summed E-state index contributed by atoms with van der Waals surface area (Å²) < 4.78 is 0. The summed E-state index contributed by atoms with van der Waals surface area (Å²) in [5.41, 5.74) is 4.63. The van der Waals surface area contributed by atoms with Crippen molar-refractivity contribution in [1.29, 1.82) is 0 Å². The number of aryl methyl sites for hydroxylation is 3. The molecule has 1 aromatic heterocycles. The van der Waals surface area contributed by atoms with Gasteiger partial charge in [-0.05, 0) is 50.1 Å². The SMILES string of the molecule is Cc1ccc(O)c(Nc2c(C(=O)O)cnc3c(C)cc(C)cc23)c1. The van der Waals surface area contributed by atoms with Crippen LogP contribution >= 0.6 is 0 Å². The minimum Gasteiger partial charge on any atom is -0.506 e. The molecule has 5 nitrogen and oxygen atoms in total. The molecule has 122 valence electrons. The fraction of sp³-hybridized carbons (Fsp3) is 0.158. The third kappa shape index (κ3) is 2.76. The summed E-state index contributed by atoms with van der Waals surface area (Å²) in [5, 5.41) is 23.4. The molecule has 0 aliphatic carbocycles. The summed E-state index contributed by atoms with van der Waals surface area (Å²) in [4.78, 5) is 15.9. The topological polar surface area (TPSA) is 82.5 Å². The number of carboxylic acids is 1. The van der Waals surface area contributed by atoms with Crippen LogP contribution in [0.5, 0.6) is 5.75 Å². The van der Waals surface area contributed by atoms with E-state index in [1.54, 1.807) is 18.2 Å². The van der Waals surface area contributed by atoms with Gasteiger partial charge in [0.1, 0.15) is 11.3 Å². The molecule has 3 N–H and O–H groups in total. The van der Waals surface area contributed by atoms with E-state index >= 15 is 0 Å². The van der Waals surface area contributed by atoms with Crippen LogP contribution in [0.1, 0.15) is 27.0 Å². The van der Waals surface area contributed by atoms with E-state index in [9.17, 15) is 15.0 Å². The lowest BCUT2D eigenvalue weighted by atomic mass is 10.0. The van der Waals surface area contributed by atoms with Crippen molar-refractivity contribution in [3.63, 3.8) is 0 Å². The molecule has 0 spiro atoms. The predicted octanol–water partition coefficient (Wildman–Crippen LogP) is 4.31. The normalized spacial score (nSPS) is 10.8. The van der Waals surface area contributed by atoms with Crippen molar-refractivity contribution < 1.29 is 15.0 Å². The number of pyridine rings is 1. The average molecular weight is 322 g/mol. The number of nitrogens with zero attached hydrogens (tertiary/aromatic N) is 1. The molecule has 0 atom stereocenters. The summed E-state index contributed by atoms with van der Waals surface area (Å²) in [5.74, 6) is -1.01. The monoisotopic (exact) mass is 322 g/mol. The van der Waals surface area contributed by atoms with Crippen LogP contribution in [-0.4, -0.2) is 21.2 Å². The molecular formula is C19H18N2O3. The Kier molecular flexibility index (Phi) is 3.85. The van der Waals surface area contributed by atoms with Gasteiger partial charge in [0.15, 0.2) is 0 Å². The summed E-state index contributed by atoms with van der Waals surface area (Å²) in [6.45, 7) is 5.80. The quantitative estimate of drug-likeness (QED) is 0.626. The number of anilines is 2. The molecule has 0 amide bonds. The summed E-state index contributed by atoms with van der Waals surface area (Å²) in [7, 11) is 0. The van der Waals surface area contributed by atoms with E-state index in [-0.39, 0.29) is 11.3 Å². The van der Waals surface area contributed by atoms with Gasteiger partial charge in [-0.2, -0.15) is 0 Å². The molecule has 0 bridgehead atoms. The number of fused-ring (bicyclic) bond motifs is 1. The number of aromatic carboxylic acids is 1. The maximum absolute atomic E-state index is 11.6. The molecule has 0 aliphatic heterocycles. The van der Waals surface area contributed by atoms with Gasteiger partial charge in [0.05, 0.1) is 16.9 Å². The van der Waals surface area contributed by atoms with Gasteiger partial charge in [-0.15, -0.1) is 0 Å². The largest absolute Gasteiger partial charge is 0.506 e. The summed E-state index contributed by atoms with van der Waals surface area (Å²) in [6.07, 6.45) is 1.35. The van der Waals surface area contributed by atoms with Gasteiger partial charge in [0.2, 0.25) is 0 Å². The third-order valence-electron chi connectivity index (χ3n) is 3.95. The number of carbonyl (C=O) groups is 1. The van der Waals surface area contributed by atoms with E-state index in [4.69, 9.17) is 0 Å². The number of hydrogen-bond donors (Lipinski definition) is 3. The number of phenols is 1. The van der Waals surface area contributed by atoms with Crippen LogP contribution < -0.4 is 5.32 Å². The number of hydrogen-bond acceptors (Lipinski definition) is 4. The van der Waals surface area contributed by atoms with Crippen molar-refractivity contribution in [1.82, 2.24) is 4.98 Å². The van der Waals surface area contributed by atoms with Crippen molar-refractivity contribution in [3.05, 3.63) is 58.8 Å². The van der Waals surface area contributed by atoms with Crippen LogP contribution in [0.15, 0.2) is 36.5 Å².